The highest BCUT2D eigenvalue weighted by atomic mass is 16.7. The van der Waals surface area contributed by atoms with E-state index in [0.29, 0.717) is 23.6 Å². The van der Waals surface area contributed by atoms with Crippen molar-refractivity contribution in [2.45, 2.75) is 20.3 Å². The minimum absolute atomic E-state index is 0.107. The van der Waals surface area contributed by atoms with Gasteiger partial charge in [0.15, 0.2) is 11.5 Å². The molecule has 0 aromatic heterocycles. The van der Waals surface area contributed by atoms with Crippen LogP contribution >= 0.6 is 0 Å². The Morgan fingerprint density at radius 2 is 1.65 bits per heavy atom. The Hall–Kier alpha value is -3.02. The van der Waals surface area contributed by atoms with Crippen molar-refractivity contribution in [1.82, 2.24) is 0 Å². The maximum absolute atomic E-state index is 12.4. The van der Waals surface area contributed by atoms with E-state index < -0.39 is 0 Å². The molecule has 0 bridgehead atoms. The maximum Gasteiger partial charge on any atom is 0.231 e. The molecule has 2 atom stereocenters. The average Bonchev–Trinajstić information content (AvgIpc) is 3.29. The Labute approximate surface area is 151 Å². The number of nitrogens with one attached hydrogen (secondary N) is 2. The fraction of sp³-hybridized carbons (Fsp3) is 0.300. The third-order valence-electron chi connectivity index (χ3n) is 4.76. The molecule has 1 aliphatic carbocycles. The summed E-state index contributed by atoms with van der Waals surface area (Å²) in [6.07, 6.45) is 0.563. The quantitative estimate of drug-likeness (QED) is 0.886. The average molecular weight is 352 g/mol. The molecule has 6 nitrogen and oxygen atoms in total. The molecule has 6 heteroatoms. The SMILES string of the molecule is Cc1ccc(C)c(NC(=O)C2CC2C(=O)Nc2ccc3c(c2)OCO3)c1. The Kier molecular flexibility index (Phi) is 4.03. The number of carbonyl (C=O) groups is 2. The zero-order valence-electron chi connectivity index (χ0n) is 14.7. The van der Waals surface area contributed by atoms with Crippen LogP contribution in [0.3, 0.4) is 0 Å². The van der Waals surface area contributed by atoms with E-state index in [-0.39, 0.29) is 30.4 Å². The summed E-state index contributed by atoms with van der Waals surface area (Å²) in [7, 11) is 0. The number of anilines is 2. The van der Waals surface area contributed by atoms with E-state index in [1.165, 1.54) is 0 Å². The molecule has 2 N–H and O–H groups in total. The van der Waals surface area contributed by atoms with Crippen LogP contribution in [0.4, 0.5) is 11.4 Å². The van der Waals surface area contributed by atoms with Gasteiger partial charge in [-0.15, -0.1) is 0 Å². The molecule has 2 amide bonds. The van der Waals surface area contributed by atoms with Crippen LogP contribution in [0.25, 0.3) is 0 Å². The van der Waals surface area contributed by atoms with Crippen LogP contribution in [-0.4, -0.2) is 18.6 Å². The highest BCUT2D eigenvalue weighted by molar-refractivity contribution is 6.03. The molecule has 134 valence electrons. The third kappa shape index (κ3) is 3.22. The number of amides is 2. The van der Waals surface area contributed by atoms with Crippen molar-refractivity contribution in [2.24, 2.45) is 11.8 Å². The second-order valence-electron chi connectivity index (χ2n) is 6.81. The third-order valence-corrected chi connectivity index (χ3v) is 4.76. The number of hydrogen-bond donors (Lipinski definition) is 2. The minimum atomic E-state index is -0.300. The summed E-state index contributed by atoms with van der Waals surface area (Å²) >= 11 is 0. The lowest BCUT2D eigenvalue weighted by molar-refractivity contribution is -0.122. The van der Waals surface area contributed by atoms with E-state index >= 15 is 0 Å². The van der Waals surface area contributed by atoms with Crippen LogP contribution in [0.15, 0.2) is 36.4 Å². The lowest BCUT2D eigenvalue weighted by Crippen LogP contribution is -2.21. The summed E-state index contributed by atoms with van der Waals surface area (Å²) < 4.78 is 10.6. The first-order valence-corrected chi connectivity index (χ1v) is 8.60. The van der Waals surface area contributed by atoms with Gasteiger partial charge in [0.05, 0.1) is 11.8 Å². The van der Waals surface area contributed by atoms with Gasteiger partial charge in [0.1, 0.15) is 0 Å². The zero-order chi connectivity index (χ0) is 18.3. The number of fused-ring (bicyclic) bond motifs is 1. The van der Waals surface area contributed by atoms with E-state index in [0.717, 1.165) is 16.8 Å². The predicted molar refractivity (Wildman–Crippen MR) is 97.3 cm³/mol. The Morgan fingerprint density at radius 1 is 0.923 bits per heavy atom. The van der Waals surface area contributed by atoms with Crippen LogP contribution in [0.2, 0.25) is 0 Å². The molecule has 0 spiro atoms. The largest absolute Gasteiger partial charge is 0.454 e. The van der Waals surface area contributed by atoms with E-state index in [4.69, 9.17) is 9.47 Å². The first-order chi connectivity index (χ1) is 12.5. The molecule has 0 saturated heterocycles. The van der Waals surface area contributed by atoms with Gasteiger partial charge in [-0.1, -0.05) is 12.1 Å². The molecule has 26 heavy (non-hydrogen) atoms. The molecule has 1 aliphatic heterocycles. The first-order valence-electron chi connectivity index (χ1n) is 8.60. The molecule has 4 rings (SSSR count). The number of rotatable bonds is 4. The summed E-state index contributed by atoms with van der Waals surface area (Å²) in [6, 6.07) is 11.2. The van der Waals surface area contributed by atoms with Crippen molar-refractivity contribution in [3.05, 3.63) is 47.5 Å². The zero-order valence-corrected chi connectivity index (χ0v) is 14.7. The second kappa shape index (κ2) is 6.37. The van der Waals surface area contributed by atoms with Crippen LogP contribution in [-0.2, 0) is 9.59 Å². The Bertz CT molecular complexity index is 893. The van der Waals surface area contributed by atoms with E-state index in [1.807, 2.05) is 32.0 Å². The molecule has 2 unspecified atom stereocenters. The smallest absolute Gasteiger partial charge is 0.231 e. The summed E-state index contributed by atoms with van der Waals surface area (Å²) in [5.41, 5.74) is 3.53. The Balaban J connectivity index is 1.36. The van der Waals surface area contributed by atoms with Crippen LogP contribution in [0.1, 0.15) is 17.5 Å². The van der Waals surface area contributed by atoms with Gasteiger partial charge in [0, 0.05) is 17.4 Å². The normalized spacial score (nSPS) is 19.8. The summed E-state index contributed by atoms with van der Waals surface area (Å²) in [5, 5.41) is 5.79. The number of carbonyl (C=O) groups excluding carboxylic acids is 2. The van der Waals surface area contributed by atoms with Crippen LogP contribution in [0.5, 0.6) is 11.5 Å². The van der Waals surface area contributed by atoms with Gasteiger partial charge in [0.25, 0.3) is 0 Å². The number of aryl methyl sites for hydroxylation is 2. The standard InChI is InChI=1S/C20H20N2O4/c1-11-3-4-12(2)16(7-11)22-20(24)15-9-14(15)19(23)21-13-5-6-17-18(8-13)26-10-25-17/h3-8,14-15H,9-10H2,1-2H3,(H,21,23)(H,22,24). The molecule has 1 heterocycles. The molecule has 0 radical (unpaired) electrons. The van der Waals surface area contributed by atoms with E-state index in [9.17, 15) is 9.59 Å². The molecule has 2 aromatic rings. The van der Waals surface area contributed by atoms with Gasteiger partial charge < -0.3 is 20.1 Å². The molecular weight excluding hydrogens is 332 g/mol. The topological polar surface area (TPSA) is 76.7 Å². The van der Waals surface area contributed by atoms with Gasteiger partial charge >= 0.3 is 0 Å². The lowest BCUT2D eigenvalue weighted by Gasteiger charge is -2.09. The van der Waals surface area contributed by atoms with Gasteiger partial charge in [-0.2, -0.15) is 0 Å². The van der Waals surface area contributed by atoms with Gasteiger partial charge in [-0.25, -0.2) is 0 Å². The molecule has 2 aliphatic rings. The van der Waals surface area contributed by atoms with Crippen molar-refractivity contribution in [1.29, 1.82) is 0 Å². The lowest BCUT2D eigenvalue weighted by atomic mass is 10.1. The van der Waals surface area contributed by atoms with Crippen LogP contribution < -0.4 is 20.1 Å². The van der Waals surface area contributed by atoms with Gasteiger partial charge in [-0.05, 0) is 49.6 Å². The number of benzene rings is 2. The molecule has 1 fully saturated rings. The molecular formula is C20H20N2O4. The Morgan fingerprint density at radius 3 is 2.46 bits per heavy atom. The van der Waals surface area contributed by atoms with Crippen molar-refractivity contribution in [3.8, 4) is 11.5 Å². The number of ether oxygens (including phenoxy) is 2. The fourth-order valence-corrected chi connectivity index (χ4v) is 3.08. The van der Waals surface area contributed by atoms with Crippen molar-refractivity contribution in [3.63, 3.8) is 0 Å². The second-order valence-corrected chi connectivity index (χ2v) is 6.81. The van der Waals surface area contributed by atoms with Crippen molar-refractivity contribution >= 4 is 23.2 Å². The summed E-state index contributed by atoms with van der Waals surface area (Å²) in [5.74, 6) is 0.437. The van der Waals surface area contributed by atoms with E-state index in [2.05, 4.69) is 10.6 Å². The van der Waals surface area contributed by atoms with Gasteiger partial charge in [-0.3, -0.25) is 9.59 Å². The summed E-state index contributed by atoms with van der Waals surface area (Å²) in [6.45, 7) is 4.12. The minimum Gasteiger partial charge on any atom is -0.454 e. The maximum atomic E-state index is 12.4. The van der Waals surface area contributed by atoms with E-state index in [1.54, 1.807) is 18.2 Å². The van der Waals surface area contributed by atoms with Gasteiger partial charge in [0.2, 0.25) is 18.6 Å². The number of hydrogen-bond acceptors (Lipinski definition) is 4. The molecule has 1 saturated carbocycles. The first kappa shape index (κ1) is 16.4. The van der Waals surface area contributed by atoms with Crippen LogP contribution in [0, 0.1) is 25.7 Å². The monoisotopic (exact) mass is 352 g/mol. The van der Waals surface area contributed by atoms with Crippen molar-refractivity contribution in [2.75, 3.05) is 17.4 Å². The molecule has 2 aromatic carbocycles. The summed E-state index contributed by atoms with van der Waals surface area (Å²) in [4.78, 5) is 24.8. The predicted octanol–water partition coefficient (Wildman–Crippen LogP) is 3.25. The highest BCUT2D eigenvalue weighted by Gasteiger charge is 2.48. The fourth-order valence-electron chi connectivity index (χ4n) is 3.08. The highest BCUT2D eigenvalue weighted by Crippen LogP contribution is 2.41. The van der Waals surface area contributed by atoms with Crippen molar-refractivity contribution < 1.29 is 19.1 Å².